The number of nitrogens with one attached hydrogen (secondary N) is 1. The highest BCUT2D eigenvalue weighted by Gasteiger charge is 2.37. The Morgan fingerprint density at radius 3 is 2.94 bits per heavy atom. The van der Waals surface area contributed by atoms with Crippen molar-refractivity contribution in [2.75, 3.05) is 17.7 Å². The van der Waals surface area contributed by atoms with Crippen molar-refractivity contribution in [1.82, 2.24) is 9.97 Å². The number of rotatable bonds is 2. The highest BCUT2D eigenvalue weighted by atomic mass is 16.6. The van der Waals surface area contributed by atoms with Crippen molar-refractivity contribution in [3.05, 3.63) is 5.69 Å². The minimum absolute atomic E-state index is 0.0183. The normalized spacial score (nSPS) is 17.4. The number of fused-ring (bicyclic) bond motifs is 1. The van der Waals surface area contributed by atoms with Gasteiger partial charge in [0.25, 0.3) is 12.0 Å². The maximum Gasteiger partial charge on any atom is 0.357 e. The molecule has 0 radical (unpaired) electrons. The number of carbonyl (C=O) groups is 2. The van der Waals surface area contributed by atoms with Crippen LogP contribution >= 0.6 is 0 Å². The topological polar surface area (TPSA) is 116 Å². The zero-order valence-corrected chi connectivity index (χ0v) is 9.89. The van der Waals surface area contributed by atoms with E-state index < -0.39 is 18.0 Å². The fourth-order valence-corrected chi connectivity index (χ4v) is 1.54. The molecule has 0 spiro atoms. The number of amides is 1. The highest BCUT2D eigenvalue weighted by Crippen LogP contribution is 2.30. The van der Waals surface area contributed by atoms with Crippen LogP contribution in [0.2, 0.25) is 0 Å². The summed E-state index contributed by atoms with van der Waals surface area (Å²) in [5, 5.41) is 2.44. The van der Waals surface area contributed by atoms with Crippen LogP contribution in [0.5, 0.6) is 5.75 Å². The Balaban J connectivity index is 2.33. The summed E-state index contributed by atoms with van der Waals surface area (Å²) in [6, 6.07) is 0. The number of nitrogens with zero attached hydrogens (tertiary/aromatic N) is 2. The summed E-state index contributed by atoms with van der Waals surface area (Å²) in [4.78, 5) is 30.9. The Morgan fingerprint density at radius 1 is 1.56 bits per heavy atom. The van der Waals surface area contributed by atoms with E-state index in [1.54, 1.807) is 13.8 Å². The molecule has 18 heavy (non-hydrogen) atoms. The standard InChI is InChI=1S/C10H12N4O4/c1-3-17-9(16)6-8(15)13-7-5(18-6)4(2)12-10(11)14-7/h6H,3H2,1-2H3,(H3,11,12,13,14,15). The molecule has 0 saturated carbocycles. The van der Waals surface area contributed by atoms with Crippen molar-refractivity contribution < 1.29 is 19.1 Å². The van der Waals surface area contributed by atoms with Gasteiger partial charge in [0.2, 0.25) is 5.95 Å². The van der Waals surface area contributed by atoms with Gasteiger partial charge in [0.15, 0.2) is 11.6 Å². The Hall–Kier alpha value is -2.38. The Morgan fingerprint density at radius 2 is 2.28 bits per heavy atom. The van der Waals surface area contributed by atoms with Crippen LogP contribution in [0.15, 0.2) is 0 Å². The molecule has 1 amide bonds. The van der Waals surface area contributed by atoms with E-state index >= 15 is 0 Å². The van der Waals surface area contributed by atoms with E-state index in [-0.39, 0.29) is 24.1 Å². The van der Waals surface area contributed by atoms with Crippen LogP contribution in [0, 0.1) is 6.92 Å². The first kappa shape index (κ1) is 12.1. The first-order valence-electron chi connectivity index (χ1n) is 5.31. The van der Waals surface area contributed by atoms with E-state index in [1.165, 1.54) is 0 Å². The third-order valence-corrected chi connectivity index (χ3v) is 2.27. The number of hydrogen-bond donors (Lipinski definition) is 2. The quantitative estimate of drug-likeness (QED) is 0.544. The molecule has 0 fully saturated rings. The van der Waals surface area contributed by atoms with Crippen molar-refractivity contribution in [2.45, 2.75) is 20.0 Å². The molecule has 2 rings (SSSR count). The summed E-state index contributed by atoms with van der Waals surface area (Å²) in [5.41, 5.74) is 5.89. The number of aryl methyl sites for hydroxylation is 1. The predicted octanol–water partition coefficient (Wildman–Crippen LogP) is -0.370. The van der Waals surface area contributed by atoms with Crippen molar-refractivity contribution >= 4 is 23.6 Å². The van der Waals surface area contributed by atoms with Gasteiger partial charge in [-0.3, -0.25) is 4.79 Å². The van der Waals surface area contributed by atoms with Gasteiger partial charge in [-0.05, 0) is 13.8 Å². The van der Waals surface area contributed by atoms with Gasteiger partial charge in [-0.1, -0.05) is 0 Å². The minimum Gasteiger partial charge on any atom is -0.463 e. The Labute approximate surface area is 102 Å². The van der Waals surface area contributed by atoms with Crippen molar-refractivity contribution in [2.24, 2.45) is 0 Å². The second kappa shape index (κ2) is 4.47. The monoisotopic (exact) mass is 252 g/mol. The molecule has 0 bridgehead atoms. The van der Waals surface area contributed by atoms with E-state index in [9.17, 15) is 9.59 Å². The fraction of sp³-hybridized carbons (Fsp3) is 0.400. The van der Waals surface area contributed by atoms with Crippen LogP contribution in [0.4, 0.5) is 11.8 Å². The number of aromatic nitrogens is 2. The maximum atomic E-state index is 11.7. The molecule has 1 aromatic rings. The molecule has 1 unspecified atom stereocenters. The molecule has 0 saturated heterocycles. The number of nitrogens with two attached hydrogens (primary N) is 1. The lowest BCUT2D eigenvalue weighted by Gasteiger charge is -2.24. The highest BCUT2D eigenvalue weighted by molar-refractivity contribution is 6.09. The van der Waals surface area contributed by atoms with Crippen LogP contribution < -0.4 is 15.8 Å². The molecule has 2 heterocycles. The van der Waals surface area contributed by atoms with Gasteiger partial charge in [0.05, 0.1) is 12.3 Å². The van der Waals surface area contributed by atoms with E-state index in [0.717, 1.165) is 0 Å². The number of nitrogen functional groups attached to an aromatic ring is 1. The third-order valence-electron chi connectivity index (χ3n) is 2.27. The Kier molecular flexibility index (Phi) is 3.00. The molecule has 96 valence electrons. The van der Waals surface area contributed by atoms with E-state index in [0.29, 0.717) is 5.69 Å². The van der Waals surface area contributed by atoms with Gasteiger partial charge in [-0.15, -0.1) is 0 Å². The van der Waals surface area contributed by atoms with Crippen LogP contribution in [-0.4, -0.2) is 34.6 Å². The lowest BCUT2D eigenvalue weighted by atomic mass is 10.2. The molecule has 0 aromatic carbocycles. The zero-order chi connectivity index (χ0) is 13.3. The molecule has 0 aliphatic carbocycles. The number of ether oxygens (including phenoxy) is 2. The summed E-state index contributed by atoms with van der Waals surface area (Å²) in [7, 11) is 0. The van der Waals surface area contributed by atoms with Crippen LogP contribution in [0.25, 0.3) is 0 Å². The molecule has 1 aliphatic rings. The van der Waals surface area contributed by atoms with E-state index in [4.69, 9.17) is 15.2 Å². The van der Waals surface area contributed by atoms with Gasteiger partial charge < -0.3 is 20.5 Å². The average Bonchev–Trinajstić information content (AvgIpc) is 2.27. The third kappa shape index (κ3) is 2.04. The van der Waals surface area contributed by atoms with Crippen molar-refractivity contribution in [3.63, 3.8) is 0 Å². The lowest BCUT2D eigenvalue weighted by molar-refractivity contribution is -0.155. The van der Waals surface area contributed by atoms with Gasteiger partial charge in [0, 0.05) is 0 Å². The summed E-state index contributed by atoms with van der Waals surface area (Å²) >= 11 is 0. The lowest BCUT2D eigenvalue weighted by Crippen LogP contribution is -2.44. The second-order valence-corrected chi connectivity index (χ2v) is 3.58. The fourth-order valence-electron chi connectivity index (χ4n) is 1.54. The van der Waals surface area contributed by atoms with Crippen LogP contribution in [0.1, 0.15) is 12.6 Å². The number of anilines is 2. The van der Waals surface area contributed by atoms with Crippen LogP contribution in [-0.2, 0) is 14.3 Å². The van der Waals surface area contributed by atoms with E-state index in [2.05, 4.69) is 15.3 Å². The maximum absolute atomic E-state index is 11.7. The van der Waals surface area contributed by atoms with Gasteiger partial charge in [0.1, 0.15) is 0 Å². The second-order valence-electron chi connectivity index (χ2n) is 3.58. The van der Waals surface area contributed by atoms with E-state index in [1.807, 2.05) is 0 Å². The molecule has 8 nitrogen and oxygen atoms in total. The first-order valence-corrected chi connectivity index (χ1v) is 5.31. The van der Waals surface area contributed by atoms with Crippen LogP contribution in [0.3, 0.4) is 0 Å². The van der Waals surface area contributed by atoms with Gasteiger partial charge in [-0.25, -0.2) is 9.78 Å². The number of carbonyl (C=O) groups excluding carboxylic acids is 2. The molecule has 1 atom stereocenters. The summed E-state index contributed by atoms with van der Waals surface area (Å²) < 4.78 is 10.0. The smallest absolute Gasteiger partial charge is 0.357 e. The zero-order valence-electron chi connectivity index (χ0n) is 9.89. The molecule has 1 aliphatic heterocycles. The molecule has 1 aromatic heterocycles. The largest absolute Gasteiger partial charge is 0.463 e. The summed E-state index contributed by atoms with van der Waals surface area (Å²) in [6.45, 7) is 3.44. The van der Waals surface area contributed by atoms with Crippen molar-refractivity contribution in [1.29, 1.82) is 0 Å². The molecule has 3 N–H and O–H groups in total. The molecular weight excluding hydrogens is 240 g/mol. The van der Waals surface area contributed by atoms with Crippen molar-refractivity contribution in [3.8, 4) is 5.75 Å². The van der Waals surface area contributed by atoms with Gasteiger partial charge >= 0.3 is 5.97 Å². The summed E-state index contributed by atoms with van der Waals surface area (Å²) in [5.74, 6) is -0.993. The number of hydrogen-bond acceptors (Lipinski definition) is 7. The number of esters is 1. The first-order chi connectivity index (χ1) is 8.52. The SMILES string of the molecule is CCOC(=O)C1Oc2c(C)nc(N)nc2NC1=O. The average molecular weight is 252 g/mol. The van der Waals surface area contributed by atoms with Gasteiger partial charge in [-0.2, -0.15) is 4.98 Å². The Bertz CT molecular complexity index is 517. The minimum atomic E-state index is -1.34. The molecule has 8 heteroatoms. The molecular formula is C10H12N4O4. The summed E-state index contributed by atoms with van der Waals surface area (Å²) in [6.07, 6.45) is -1.34. The predicted molar refractivity (Wildman–Crippen MR) is 60.9 cm³/mol.